The third-order valence-corrected chi connectivity index (χ3v) is 3.44. The number of benzene rings is 1. The highest BCUT2D eigenvalue weighted by Gasteiger charge is 2.23. The Morgan fingerprint density at radius 3 is 2.74 bits per heavy atom. The van der Waals surface area contributed by atoms with Crippen LogP contribution in [0.5, 0.6) is 5.75 Å². The van der Waals surface area contributed by atoms with E-state index in [1.807, 2.05) is 31.2 Å². The maximum atomic E-state index is 12.3. The van der Waals surface area contributed by atoms with Crippen molar-refractivity contribution in [2.45, 2.75) is 13.0 Å². The van der Waals surface area contributed by atoms with Gasteiger partial charge in [0.15, 0.2) is 0 Å². The lowest BCUT2D eigenvalue weighted by molar-refractivity contribution is -0.121. The highest BCUT2D eigenvalue weighted by Crippen LogP contribution is 2.23. The summed E-state index contributed by atoms with van der Waals surface area (Å²) in [4.78, 5) is 14.4. The molecule has 0 aliphatic carbocycles. The molecule has 5 nitrogen and oxygen atoms in total. The summed E-state index contributed by atoms with van der Waals surface area (Å²) >= 11 is 0. The summed E-state index contributed by atoms with van der Waals surface area (Å²) < 4.78 is 5.23. The summed E-state index contributed by atoms with van der Waals surface area (Å²) in [5.41, 5.74) is 0.719. The summed E-state index contributed by atoms with van der Waals surface area (Å²) in [5, 5.41) is 6.22. The first-order chi connectivity index (χ1) is 9.22. The van der Waals surface area contributed by atoms with Gasteiger partial charge in [0.25, 0.3) is 0 Å². The van der Waals surface area contributed by atoms with E-state index in [1.165, 1.54) is 0 Å². The largest absolute Gasteiger partial charge is 0.495 e. The molecule has 1 aromatic carbocycles. The minimum Gasteiger partial charge on any atom is -0.495 e. The zero-order valence-corrected chi connectivity index (χ0v) is 11.5. The van der Waals surface area contributed by atoms with Crippen LogP contribution in [0.1, 0.15) is 6.92 Å². The molecule has 0 aromatic heterocycles. The smallest absolute Gasteiger partial charge is 0.241 e. The second-order valence-electron chi connectivity index (χ2n) is 4.65. The summed E-state index contributed by atoms with van der Waals surface area (Å²) in [5.74, 6) is 0.690. The predicted molar refractivity (Wildman–Crippen MR) is 75.5 cm³/mol. The first kappa shape index (κ1) is 13.8. The van der Waals surface area contributed by atoms with E-state index in [9.17, 15) is 4.79 Å². The average molecular weight is 263 g/mol. The number of hydrogen-bond acceptors (Lipinski definition) is 4. The molecular formula is C14H21N3O2. The maximum absolute atomic E-state index is 12.3. The van der Waals surface area contributed by atoms with Gasteiger partial charge in [0.1, 0.15) is 5.75 Å². The van der Waals surface area contributed by atoms with Crippen LogP contribution >= 0.6 is 0 Å². The zero-order valence-electron chi connectivity index (χ0n) is 11.5. The first-order valence-corrected chi connectivity index (χ1v) is 6.61. The van der Waals surface area contributed by atoms with Crippen molar-refractivity contribution in [1.29, 1.82) is 0 Å². The number of methoxy groups -OCH3 is 1. The van der Waals surface area contributed by atoms with Crippen LogP contribution in [-0.2, 0) is 4.79 Å². The maximum Gasteiger partial charge on any atom is 0.241 e. The lowest BCUT2D eigenvalue weighted by Gasteiger charge is -2.31. The molecule has 1 aromatic rings. The fourth-order valence-electron chi connectivity index (χ4n) is 2.22. The molecule has 1 saturated heterocycles. The number of hydrogen-bond donors (Lipinski definition) is 2. The van der Waals surface area contributed by atoms with Crippen molar-refractivity contribution in [3.05, 3.63) is 24.3 Å². The van der Waals surface area contributed by atoms with Crippen molar-refractivity contribution in [3.63, 3.8) is 0 Å². The number of rotatable bonds is 4. The van der Waals surface area contributed by atoms with Gasteiger partial charge in [-0.05, 0) is 19.1 Å². The van der Waals surface area contributed by atoms with Gasteiger partial charge < -0.3 is 15.4 Å². The van der Waals surface area contributed by atoms with E-state index in [0.717, 1.165) is 31.9 Å². The Morgan fingerprint density at radius 2 is 2.05 bits per heavy atom. The van der Waals surface area contributed by atoms with Crippen LogP contribution in [0.15, 0.2) is 24.3 Å². The van der Waals surface area contributed by atoms with E-state index in [1.54, 1.807) is 7.11 Å². The van der Waals surface area contributed by atoms with E-state index in [4.69, 9.17) is 4.74 Å². The molecule has 0 spiro atoms. The van der Waals surface area contributed by atoms with Gasteiger partial charge in [0.2, 0.25) is 5.91 Å². The minimum absolute atomic E-state index is 0.00593. The molecule has 1 amide bonds. The highest BCUT2D eigenvalue weighted by molar-refractivity contribution is 5.95. The van der Waals surface area contributed by atoms with Gasteiger partial charge in [-0.3, -0.25) is 9.69 Å². The number of ether oxygens (including phenoxy) is 1. The van der Waals surface area contributed by atoms with Crippen LogP contribution < -0.4 is 15.4 Å². The third kappa shape index (κ3) is 3.45. The molecule has 0 radical (unpaired) electrons. The number of nitrogens with one attached hydrogen (secondary N) is 2. The number of nitrogens with zero attached hydrogens (tertiary/aromatic N) is 1. The fourth-order valence-corrected chi connectivity index (χ4v) is 2.22. The highest BCUT2D eigenvalue weighted by atomic mass is 16.5. The quantitative estimate of drug-likeness (QED) is 0.848. The molecule has 1 atom stereocenters. The Hall–Kier alpha value is -1.59. The molecule has 104 valence electrons. The number of carbonyl (C=O) groups is 1. The van der Waals surface area contributed by atoms with Crippen molar-refractivity contribution in [2.75, 3.05) is 38.6 Å². The van der Waals surface area contributed by atoms with E-state index in [0.29, 0.717) is 5.75 Å². The first-order valence-electron chi connectivity index (χ1n) is 6.61. The predicted octanol–water partition coefficient (Wildman–Crippen LogP) is 0.927. The molecule has 1 aliphatic rings. The van der Waals surface area contributed by atoms with E-state index < -0.39 is 0 Å². The molecule has 1 unspecified atom stereocenters. The molecule has 19 heavy (non-hydrogen) atoms. The van der Waals surface area contributed by atoms with Crippen LogP contribution in [-0.4, -0.2) is 50.1 Å². The van der Waals surface area contributed by atoms with Crippen LogP contribution in [0.2, 0.25) is 0 Å². The lowest BCUT2D eigenvalue weighted by Crippen LogP contribution is -2.51. The van der Waals surface area contributed by atoms with Gasteiger partial charge in [-0.25, -0.2) is 0 Å². The standard InChI is InChI=1S/C14H21N3O2/c1-11(17-9-7-15-8-10-17)14(18)16-12-5-3-4-6-13(12)19-2/h3-6,11,15H,7-10H2,1-2H3,(H,16,18). The van der Waals surface area contributed by atoms with Crippen LogP contribution in [0.25, 0.3) is 0 Å². The zero-order chi connectivity index (χ0) is 13.7. The summed E-state index contributed by atoms with van der Waals surface area (Å²) in [6.07, 6.45) is 0. The molecule has 2 rings (SSSR count). The van der Waals surface area contributed by atoms with Crippen molar-refractivity contribution in [1.82, 2.24) is 10.2 Å². The Kier molecular flexibility index (Phi) is 4.76. The van der Waals surface area contributed by atoms with Gasteiger partial charge in [0.05, 0.1) is 18.8 Å². The molecule has 5 heteroatoms. The normalized spacial score (nSPS) is 17.8. The second-order valence-corrected chi connectivity index (χ2v) is 4.65. The summed E-state index contributed by atoms with van der Waals surface area (Å²) in [7, 11) is 1.60. The number of piperazine rings is 1. The molecule has 1 aliphatic heterocycles. The van der Waals surface area contributed by atoms with Crippen LogP contribution in [0.3, 0.4) is 0 Å². The number of anilines is 1. The van der Waals surface area contributed by atoms with E-state index in [-0.39, 0.29) is 11.9 Å². The Morgan fingerprint density at radius 1 is 1.37 bits per heavy atom. The average Bonchev–Trinajstić information content (AvgIpc) is 2.48. The lowest BCUT2D eigenvalue weighted by atomic mass is 10.2. The monoisotopic (exact) mass is 263 g/mol. The number of carbonyl (C=O) groups excluding carboxylic acids is 1. The SMILES string of the molecule is COc1ccccc1NC(=O)C(C)N1CCNCC1. The Bertz CT molecular complexity index is 430. The molecule has 2 N–H and O–H groups in total. The van der Waals surface area contributed by atoms with Gasteiger partial charge in [-0.15, -0.1) is 0 Å². The third-order valence-electron chi connectivity index (χ3n) is 3.44. The fraction of sp³-hybridized carbons (Fsp3) is 0.500. The second kappa shape index (κ2) is 6.54. The topological polar surface area (TPSA) is 53.6 Å². The van der Waals surface area contributed by atoms with Crippen molar-refractivity contribution in [3.8, 4) is 5.75 Å². The summed E-state index contributed by atoms with van der Waals surface area (Å²) in [6.45, 7) is 5.62. The van der Waals surface area contributed by atoms with Crippen LogP contribution in [0, 0.1) is 0 Å². The van der Waals surface area contributed by atoms with Crippen molar-refractivity contribution in [2.24, 2.45) is 0 Å². The van der Waals surface area contributed by atoms with Crippen molar-refractivity contribution >= 4 is 11.6 Å². The van der Waals surface area contributed by atoms with Crippen LogP contribution in [0.4, 0.5) is 5.69 Å². The van der Waals surface area contributed by atoms with E-state index >= 15 is 0 Å². The Balaban J connectivity index is 1.99. The van der Waals surface area contributed by atoms with Crippen molar-refractivity contribution < 1.29 is 9.53 Å². The molecule has 0 saturated carbocycles. The number of para-hydroxylation sites is 2. The van der Waals surface area contributed by atoms with E-state index in [2.05, 4.69) is 15.5 Å². The number of amides is 1. The molecular weight excluding hydrogens is 242 g/mol. The van der Waals surface area contributed by atoms with Gasteiger partial charge >= 0.3 is 0 Å². The molecule has 1 fully saturated rings. The molecule has 1 heterocycles. The minimum atomic E-state index is -0.132. The summed E-state index contributed by atoms with van der Waals surface area (Å²) in [6, 6.07) is 7.32. The Labute approximate surface area is 113 Å². The van der Waals surface area contributed by atoms with Gasteiger partial charge in [0, 0.05) is 26.2 Å². The van der Waals surface area contributed by atoms with Gasteiger partial charge in [-0.1, -0.05) is 12.1 Å². The molecule has 0 bridgehead atoms. The van der Waals surface area contributed by atoms with Gasteiger partial charge in [-0.2, -0.15) is 0 Å².